The molecule has 0 amide bonds. The van der Waals surface area contributed by atoms with Gasteiger partial charge in [0.15, 0.2) is 5.16 Å². The van der Waals surface area contributed by atoms with E-state index in [-0.39, 0.29) is 11.4 Å². The Balaban J connectivity index is 1.51. The molecule has 0 atom stereocenters. The van der Waals surface area contributed by atoms with Gasteiger partial charge in [0.1, 0.15) is 11.4 Å². The average molecular weight is 467 g/mol. The van der Waals surface area contributed by atoms with Crippen molar-refractivity contribution in [1.29, 1.82) is 0 Å². The largest absolute Gasteiger partial charge is 0.423 e. The second-order valence-electron chi connectivity index (χ2n) is 7.76. The minimum absolute atomic E-state index is 0.330. The number of halogens is 1. The van der Waals surface area contributed by atoms with Crippen LogP contribution in [-0.4, -0.2) is 41.1 Å². The summed E-state index contributed by atoms with van der Waals surface area (Å²) in [6.07, 6.45) is 0.861. The lowest BCUT2D eigenvalue weighted by atomic mass is 10.1. The summed E-state index contributed by atoms with van der Waals surface area (Å²) in [6.45, 7) is 4.63. The monoisotopic (exact) mass is 466 g/mol. The highest BCUT2D eigenvalue weighted by atomic mass is 32.2. The predicted octanol–water partition coefficient (Wildman–Crippen LogP) is 4.20. The smallest absolute Gasteiger partial charge is 0.336 e. The van der Waals surface area contributed by atoms with Gasteiger partial charge in [0.2, 0.25) is 5.95 Å². The molecular weight excluding hydrogens is 443 g/mol. The van der Waals surface area contributed by atoms with Crippen LogP contribution in [0.15, 0.2) is 62.9 Å². The number of nitrogens with zero attached hydrogens (tertiary/aromatic N) is 4. The maximum absolute atomic E-state index is 14.1. The van der Waals surface area contributed by atoms with E-state index in [9.17, 15) is 9.18 Å². The first-order valence-corrected chi connectivity index (χ1v) is 11.8. The number of benzene rings is 2. The van der Waals surface area contributed by atoms with Crippen molar-refractivity contribution < 1.29 is 13.5 Å². The minimum atomic E-state index is -0.382. The van der Waals surface area contributed by atoms with Gasteiger partial charge in [-0.15, -0.1) is 10.2 Å². The number of hydrogen-bond donors (Lipinski definition) is 0. The quantitative estimate of drug-likeness (QED) is 0.311. The summed E-state index contributed by atoms with van der Waals surface area (Å²) in [5.41, 5.74) is 2.81. The van der Waals surface area contributed by atoms with Crippen LogP contribution in [0.5, 0.6) is 0 Å². The molecule has 0 radical (unpaired) electrons. The fraction of sp³-hybridized carbons (Fsp3) is 0.292. The zero-order chi connectivity index (χ0) is 22.8. The summed E-state index contributed by atoms with van der Waals surface area (Å²) >= 11 is 1.45. The van der Waals surface area contributed by atoms with E-state index in [1.807, 2.05) is 28.8 Å². The van der Waals surface area contributed by atoms with Crippen LogP contribution < -0.4 is 10.5 Å². The van der Waals surface area contributed by atoms with Gasteiger partial charge < -0.3 is 14.1 Å². The second kappa shape index (κ2) is 9.36. The standard InChI is InChI=1S/C24H23FN4O3S/c1-2-16-6-7-20-17(13-22(30)32-21(20)12-16)15-33-24-27-26-23(28-8-10-31-11-9-28)29(24)19-5-3-4-18(25)14-19/h3-7,12-14H,2,8-11,15H2,1H3. The molecular formula is C24H23FN4O3S. The van der Waals surface area contributed by atoms with Gasteiger partial charge in [-0.3, -0.25) is 4.57 Å². The Morgan fingerprint density at radius 2 is 1.94 bits per heavy atom. The van der Waals surface area contributed by atoms with Crippen molar-refractivity contribution in [3.63, 3.8) is 0 Å². The number of morpholine rings is 1. The first kappa shape index (κ1) is 21.7. The third-order valence-corrected chi connectivity index (χ3v) is 6.61. The highest BCUT2D eigenvalue weighted by Crippen LogP contribution is 2.31. The van der Waals surface area contributed by atoms with Crippen LogP contribution in [0.25, 0.3) is 16.7 Å². The molecule has 2 aromatic carbocycles. The number of fused-ring (bicyclic) bond motifs is 1. The number of thioether (sulfide) groups is 1. The van der Waals surface area contributed by atoms with Gasteiger partial charge in [-0.1, -0.05) is 36.9 Å². The molecule has 1 fully saturated rings. The molecule has 4 aromatic rings. The molecule has 0 spiro atoms. The van der Waals surface area contributed by atoms with E-state index in [2.05, 4.69) is 22.0 Å². The molecule has 0 unspecified atom stereocenters. The normalized spacial score (nSPS) is 14.2. The third-order valence-electron chi connectivity index (χ3n) is 5.64. The van der Waals surface area contributed by atoms with Crippen LogP contribution >= 0.6 is 11.8 Å². The van der Waals surface area contributed by atoms with E-state index in [1.54, 1.807) is 6.07 Å². The van der Waals surface area contributed by atoms with E-state index < -0.39 is 0 Å². The highest BCUT2D eigenvalue weighted by Gasteiger charge is 2.22. The molecule has 0 bridgehead atoms. The Morgan fingerprint density at radius 3 is 2.73 bits per heavy atom. The Labute approximate surface area is 194 Å². The van der Waals surface area contributed by atoms with Gasteiger partial charge in [0, 0.05) is 30.3 Å². The SMILES string of the molecule is CCc1ccc2c(CSc3nnc(N4CCOCC4)n3-c3cccc(F)c3)cc(=O)oc2c1. The first-order valence-electron chi connectivity index (χ1n) is 10.8. The summed E-state index contributed by atoms with van der Waals surface area (Å²) < 4.78 is 26.8. The van der Waals surface area contributed by atoms with E-state index in [4.69, 9.17) is 9.15 Å². The number of aromatic nitrogens is 3. The molecule has 0 saturated carbocycles. The van der Waals surface area contributed by atoms with Crippen LogP contribution in [-0.2, 0) is 16.9 Å². The topological polar surface area (TPSA) is 73.4 Å². The molecule has 0 N–H and O–H groups in total. The molecule has 33 heavy (non-hydrogen) atoms. The van der Waals surface area contributed by atoms with Gasteiger partial charge in [-0.2, -0.15) is 0 Å². The van der Waals surface area contributed by atoms with Crippen molar-refractivity contribution in [2.75, 3.05) is 31.2 Å². The van der Waals surface area contributed by atoms with Crippen LogP contribution in [0.2, 0.25) is 0 Å². The Morgan fingerprint density at radius 1 is 1.09 bits per heavy atom. The summed E-state index contributed by atoms with van der Waals surface area (Å²) in [5, 5.41) is 10.3. The van der Waals surface area contributed by atoms with Gasteiger partial charge in [-0.05, 0) is 41.8 Å². The molecule has 9 heteroatoms. The highest BCUT2D eigenvalue weighted by molar-refractivity contribution is 7.98. The second-order valence-corrected chi connectivity index (χ2v) is 8.70. The van der Waals surface area contributed by atoms with E-state index in [1.165, 1.54) is 30.0 Å². The molecule has 7 nitrogen and oxygen atoms in total. The van der Waals surface area contributed by atoms with Crippen LogP contribution in [0.1, 0.15) is 18.1 Å². The lowest BCUT2D eigenvalue weighted by molar-refractivity contribution is 0.122. The first-order chi connectivity index (χ1) is 16.1. The molecule has 1 aliphatic heterocycles. The van der Waals surface area contributed by atoms with Gasteiger partial charge in [0.25, 0.3) is 0 Å². The summed E-state index contributed by atoms with van der Waals surface area (Å²) in [5.74, 6) is 0.810. The maximum atomic E-state index is 14.1. The van der Waals surface area contributed by atoms with Gasteiger partial charge in [0.05, 0.1) is 18.9 Å². The van der Waals surface area contributed by atoms with Gasteiger partial charge in [-0.25, -0.2) is 9.18 Å². The lowest BCUT2D eigenvalue weighted by Crippen LogP contribution is -2.37. The molecule has 1 saturated heterocycles. The minimum Gasteiger partial charge on any atom is -0.423 e. The maximum Gasteiger partial charge on any atom is 0.336 e. The zero-order valence-corrected chi connectivity index (χ0v) is 19.0. The summed E-state index contributed by atoms with van der Waals surface area (Å²) in [4.78, 5) is 14.3. The van der Waals surface area contributed by atoms with Gasteiger partial charge >= 0.3 is 5.63 Å². The van der Waals surface area contributed by atoms with Crippen LogP contribution in [0.4, 0.5) is 10.3 Å². The van der Waals surface area contributed by atoms with Crippen molar-refractivity contribution >= 4 is 28.7 Å². The van der Waals surface area contributed by atoms with Crippen molar-refractivity contribution in [3.05, 3.63) is 75.9 Å². The number of hydrogen-bond acceptors (Lipinski definition) is 7. The summed E-state index contributed by atoms with van der Waals surface area (Å²) in [6, 6.07) is 13.9. The van der Waals surface area contributed by atoms with Crippen molar-refractivity contribution in [3.8, 4) is 5.69 Å². The molecule has 170 valence electrons. The molecule has 5 rings (SSSR count). The number of ether oxygens (including phenoxy) is 1. The molecule has 1 aliphatic rings. The lowest BCUT2D eigenvalue weighted by Gasteiger charge is -2.27. The van der Waals surface area contributed by atoms with E-state index in [0.717, 1.165) is 22.9 Å². The van der Waals surface area contributed by atoms with E-state index in [0.29, 0.717) is 54.4 Å². The number of aryl methyl sites for hydroxylation is 1. The van der Waals surface area contributed by atoms with Crippen LogP contribution in [0.3, 0.4) is 0 Å². The summed E-state index contributed by atoms with van der Waals surface area (Å²) in [7, 11) is 0. The average Bonchev–Trinajstić information content (AvgIpc) is 3.26. The fourth-order valence-electron chi connectivity index (χ4n) is 3.92. The molecule has 2 aromatic heterocycles. The van der Waals surface area contributed by atoms with Crippen LogP contribution in [0, 0.1) is 5.82 Å². The fourth-order valence-corrected chi connectivity index (χ4v) is 4.86. The van der Waals surface area contributed by atoms with Crippen molar-refractivity contribution in [2.24, 2.45) is 0 Å². The predicted molar refractivity (Wildman–Crippen MR) is 126 cm³/mol. The van der Waals surface area contributed by atoms with Crippen molar-refractivity contribution in [2.45, 2.75) is 24.3 Å². The Hall–Kier alpha value is -3.17. The zero-order valence-electron chi connectivity index (χ0n) is 18.2. The molecule has 0 aliphatic carbocycles. The van der Waals surface area contributed by atoms with E-state index >= 15 is 0 Å². The Kier molecular flexibility index (Phi) is 6.15. The molecule has 3 heterocycles. The number of anilines is 1. The third kappa shape index (κ3) is 4.51. The Bertz CT molecular complexity index is 1350. The number of rotatable bonds is 6. The van der Waals surface area contributed by atoms with Crippen molar-refractivity contribution in [1.82, 2.24) is 14.8 Å².